The van der Waals surface area contributed by atoms with Crippen LogP contribution in [0.2, 0.25) is 5.02 Å². The standard InChI is InChI=1S/C19H24ClN3O4S3/c1-22(2)30(26,27)17-7-6-16(28-17)29(24,25)21-15-5-3-4-14(20)18(15)23-12-10-19(8-9-19)11-13-23/h3-7,21H,8-13H2,1-2H3. The average molecular weight is 490 g/mol. The van der Waals surface area contributed by atoms with E-state index in [0.29, 0.717) is 21.8 Å². The van der Waals surface area contributed by atoms with E-state index >= 15 is 0 Å². The SMILES string of the molecule is CN(C)S(=O)(=O)c1ccc(S(=O)(=O)Nc2cccc(Cl)c2N2CCC3(CC2)CC3)s1. The van der Waals surface area contributed by atoms with Crippen LogP contribution in [0.5, 0.6) is 0 Å². The molecule has 1 spiro atoms. The van der Waals surface area contributed by atoms with Gasteiger partial charge in [0.1, 0.15) is 8.42 Å². The first-order valence-electron chi connectivity index (χ1n) is 9.63. The normalized spacial score (nSPS) is 18.7. The Morgan fingerprint density at radius 1 is 1.00 bits per heavy atom. The number of anilines is 2. The Kier molecular flexibility index (Phi) is 5.59. The van der Waals surface area contributed by atoms with Crippen molar-refractivity contribution in [2.24, 2.45) is 5.41 Å². The molecular weight excluding hydrogens is 466 g/mol. The van der Waals surface area contributed by atoms with Gasteiger partial charge in [-0.05, 0) is 55.4 Å². The van der Waals surface area contributed by atoms with Crippen molar-refractivity contribution in [3.05, 3.63) is 35.4 Å². The highest BCUT2D eigenvalue weighted by molar-refractivity contribution is 7.96. The minimum atomic E-state index is -3.97. The van der Waals surface area contributed by atoms with Gasteiger partial charge in [0.05, 0.1) is 16.4 Å². The molecule has 1 aliphatic carbocycles. The molecule has 2 fully saturated rings. The van der Waals surface area contributed by atoms with E-state index in [-0.39, 0.29) is 8.42 Å². The van der Waals surface area contributed by atoms with E-state index in [0.717, 1.165) is 41.6 Å². The molecule has 2 heterocycles. The molecule has 2 aliphatic rings. The average Bonchev–Trinajstić information content (AvgIpc) is 3.22. The largest absolute Gasteiger partial charge is 0.369 e. The van der Waals surface area contributed by atoms with E-state index in [2.05, 4.69) is 9.62 Å². The Morgan fingerprint density at radius 3 is 2.23 bits per heavy atom. The van der Waals surface area contributed by atoms with Crippen LogP contribution in [-0.2, 0) is 20.0 Å². The highest BCUT2D eigenvalue weighted by Crippen LogP contribution is 2.54. The predicted octanol–water partition coefficient (Wildman–Crippen LogP) is 3.83. The van der Waals surface area contributed by atoms with E-state index in [4.69, 9.17) is 11.6 Å². The number of benzene rings is 1. The Balaban J connectivity index is 1.61. The van der Waals surface area contributed by atoms with Gasteiger partial charge in [-0.25, -0.2) is 21.1 Å². The number of nitrogens with one attached hydrogen (secondary N) is 1. The summed E-state index contributed by atoms with van der Waals surface area (Å²) in [4.78, 5) is 2.14. The van der Waals surface area contributed by atoms with Crippen LogP contribution in [-0.4, -0.2) is 48.3 Å². The topological polar surface area (TPSA) is 86.8 Å². The molecule has 1 aromatic carbocycles. The zero-order valence-electron chi connectivity index (χ0n) is 16.8. The van der Waals surface area contributed by atoms with Crippen LogP contribution in [0.1, 0.15) is 25.7 Å². The summed E-state index contributed by atoms with van der Waals surface area (Å²) in [5, 5.41) is 0.490. The molecule has 4 rings (SSSR count). The summed E-state index contributed by atoms with van der Waals surface area (Å²) in [5.41, 5.74) is 1.57. The van der Waals surface area contributed by atoms with Crippen molar-refractivity contribution in [2.45, 2.75) is 34.1 Å². The number of hydrogen-bond acceptors (Lipinski definition) is 6. The van der Waals surface area contributed by atoms with E-state index in [1.54, 1.807) is 18.2 Å². The quantitative estimate of drug-likeness (QED) is 0.666. The minimum absolute atomic E-state index is 0.0232. The molecule has 164 valence electrons. The summed E-state index contributed by atoms with van der Waals surface area (Å²) in [6, 6.07) is 7.76. The molecule has 1 aliphatic heterocycles. The zero-order chi connectivity index (χ0) is 21.7. The smallest absolute Gasteiger partial charge is 0.271 e. The van der Waals surface area contributed by atoms with Crippen LogP contribution in [0.4, 0.5) is 11.4 Å². The van der Waals surface area contributed by atoms with Gasteiger partial charge in [0.15, 0.2) is 0 Å². The number of piperidine rings is 1. The van der Waals surface area contributed by atoms with Gasteiger partial charge < -0.3 is 4.90 Å². The Bertz CT molecular complexity index is 1160. The van der Waals surface area contributed by atoms with Gasteiger partial charge in [-0.1, -0.05) is 17.7 Å². The van der Waals surface area contributed by atoms with Crippen LogP contribution in [0.15, 0.2) is 38.8 Å². The van der Waals surface area contributed by atoms with Crippen LogP contribution in [0, 0.1) is 5.41 Å². The summed E-state index contributed by atoms with van der Waals surface area (Å²) in [6.45, 7) is 1.67. The summed E-state index contributed by atoms with van der Waals surface area (Å²) in [6.07, 6.45) is 4.72. The number of nitrogens with zero attached hydrogens (tertiary/aromatic N) is 2. The van der Waals surface area contributed by atoms with Crippen LogP contribution in [0.25, 0.3) is 0 Å². The lowest BCUT2D eigenvalue weighted by atomic mass is 9.93. The number of halogens is 1. The zero-order valence-corrected chi connectivity index (χ0v) is 20.0. The lowest BCUT2D eigenvalue weighted by Gasteiger charge is -2.35. The molecule has 1 aromatic heterocycles. The van der Waals surface area contributed by atoms with Crippen molar-refractivity contribution in [1.29, 1.82) is 0 Å². The fraction of sp³-hybridized carbons (Fsp3) is 0.474. The van der Waals surface area contributed by atoms with Crippen LogP contribution >= 0.6 is 22.9 Å². The Morgan fingerprint density at radius 2 is 1.63 bits per heavy atom. The summed E-state index contributed by atoms with van der Waals surface area (Å²) >= 11 is 7.19. The lowest BCUT2D eigenvalue weighted by Crippen LogP contribution is -2.35. The third-order valence-corrected chi connectivity index (χ3v) is 11.4. The maximum absolute atomic E-state index is 13.0. The molecule has 2 aromatic rings. The van der Waals surface area contributed by atoms with Gasteiger partial charge in [-0.3, -0.25) is 4.72 Å². The van der Waals surface area contributed by atoms with Crippen molar-refractivity contribution >= 4 is 54.4 Å². The maximum Gasteiger partial charge on any atom is 0.271 e. The van der Waals surface area contributed by atoms with Crippen molar-refractivity contribution in [2.75, 3.05) is 36.8 Å². The summed E-state index contributed by atoms with van der Waals surface area (Å²) < 4.78 is 54.2. The molecule has 0 radical (unpaired) electrons. The molecular formula is C19H24ClN3O4S3. The van der Waals surface area contributed by atoms with Crippen molar-refractivity contribution < 1.29 is 16.8 Å². The molecule has 0 atom stereocenters. The molecule has 1 saturated carbocycles. The lowest BCUT2D eigenvalue weighted by molar-refractivity contribution is 0.384. The van der Waals surface area contributed by atoms with E-state index in [9.17, 15) is 16.8 Å². The fourth-order valence-electron chi connectivity index (χ4n) is 3.76. The first-order valence-corrected chi connectivity index (χ1v) is 13.7. The second-order valence-electron chi connectivity index (χ2n) is 8.09. The van der Waals surface area contributed by atoms with Crippen molar-refractivity contribution in [3.63, 3.8) is 0 Å². The predicted molar refractivity (Wildman–Crippen MR) is 121 cm³/mol. The van der Waals surface area contributed by atoms with E-state index in [1.807, 2.05) is 0 Å². The number of rotatable bonds is 6. The molecule has 11 heteroatoms. The first kappa shape index (κ1) is 21.9. The van der Waals surface area contributed by atoms with Gasteiger partial charge in [0.25, 0.3) is 20.0 Å². The number of para-hydroxylation sites is 1. The van der Waals surface area contributed by atoms with Gasteiger partial charge >= 0.3 is 0 Å². The third-order valence-electron chi connectivity index (χ3n) is 5.89. The molecule has 0 unspecified atom stereocenters. The maximum atomic E-state index is 13.0. The number of sulfonamides is 2. The van der Waals surface area contributed by atoms with E-state index in [1.165, 1.54) is 39.1 Å². The highest BCUT2D eigenvalue weighted by atomic mass is 35.5. The fourth-order valence-corrected chi connectivity index (χ4v) is 8.06. The molecule has 30 heavy (non-hydrogen) atoms. The van der Waals surface area contributed by atoms with Crippen molar-refractivity contribution in [3.8, 4) is 0 Å². The first-order chi connectivity index (χ1) is 14.0. The Hall–Kier alpha value is -1.33. The third kappa shape index (κ3) is 4.08. The van der Waals surface area contributed by atoms with E-state index < -0.39 is 20.0 Å². The van der Waals surface area contributed by atoms with Gasteiger partial charge in [0.2, 0.25) is 0 Å². The van der Waals surface area contributed by atoms with Gasteiger partial charge in [-0.15, -0.1) is 11.3 Å². The summed E-state index contributed by atoms with van der Waals surface area (Å²) in [7, 11) is -4.85. The monoisotopic (exact) mass is 489 g/mol. The molecule has 1 N–H and O–H groups in total. The molecule has 0 amide bonds. The highest BCUT2D eigenvalue weighted by Gasteiger charge is 2.44. The van der Waals surface area contributed by atoms with Crippen LogP contribution in [0.3, 0.4) is 0 Å². The molecule has 0 bridgehead atoms. The second kappa shape index (κ2) is 7.67. The van der Waals surface area contributed by atoms with Gasteiger partial charge in [0, 0.05) is 27.2 Å². The Labute approximate surface area is 186 Å². The number of thiophene rings is 1. The number of hydrogen-bond donors (Lipinski definition) is 1. The molecule has 1 saturated heterocycles. The van der Waals surface area contributed by atoms with Crippen LogP contribution < -0.4 is 9.62 Å². The summed E-state index contributed by atoms with van der Waals surface area (Å²) in [5.74, 6) is 0. The van der Waals surface area contributed by atoms with Crippen molar-refractivity contribution in [1.82, 2.24) is 4.31 Å². The van der Waals surface area contributed by atoms with Gasteiger partial charge in [-0.2, -0.15) is 0 Å². The second-order valence-corrected chi connectivity index (χ2v) is 13.9. The molecule has 7 nitrogen and oxygen atoms in total. The minimum Gasteiger partial charge on any atom is -0.369 e.